The van der Waals surface area contributed by atoms with Crippen molar-refractivity contribution < 1.29 is 14.9 Å². The SMILES string of the molecule is C=C(OCC)[C@]12C[C@@H]1[C@@H](n1cnc3c(NC)nc(C#Cc4ccc(Cl)s4)nc31)[C@H](O)[C@@H]2O. The van der Waals surface area contributed by atoms with Crippen molar-refractivity contribution in [3.8, 4) is 11.8 Å². The molecule has 2 aliphatic rings. The monoisotopic (exact) mass is 471 g/mol. The fourth-order valence-electron chi connectivity index (χ4n) is 4.82. The zero-order valence-corrected chi connectivity index (χ0v) is 19.1. The largest absolute Gasteiger partial charge is 0.498 e. The number of fused-ring (bicyclic) bond motifs is 2. The molecule has 0 aromatic carbocycles. The van der Waals surface area contributed by atoms with Gasteiger partial charge in [-0.05, 0) is 43.2 Å². The zero-order chi connectivity index (χ0) is 22.6. The Morgan fingerprint density at radius 3 is 2.91 bits per heavy atom. The van der Waals surface area contributed by atoms with Crippen LogP contribution in [-0.2, 0) is 4.74 Å². The molecule has 0 spiro atoms. The normalized spacial score (nSPS) is 28.2. The molecule has 2 saturated carbocycles. The molecular weight excluding hydrogens is 450 g/mol. The fraction of sp³-hybridized carbons (Fsp3) is 0.409. The maximum Gasteiger partial charge on any atom is 0.209 e. The number of nitrogens with one attached hydrogen (secondary N) is 1. The van der Waals surface area contributed by atoms with Crippen LogP contribution in [0.3, 0.4) is 0 Å². The van der Waals surface area contributed by atoms with Gasteiger partial charge in [0.15, 0.2) is 17.0 Å². The van der Waals surface area contributed by atoms with Crippen molar-refractivity contribution in [3.63, 3.8) is 0 Å². The van der Waals surface area contributed by atoms with Crippen molar-refractivity contribution in [2.45, 2.75) is 31.6 Å². The van der Waals surface area contributed by atoms with Gasteiger partial charge in [0.2, 0.25) is 5.82 Å². The summed E-state index contributed by atoms with van der Waals surface area (Å²) in [5.74, 6) is 7.37. The third-order valence-corrected chi connectivity index (χ3v) is 7.51. The molecule has 0 unspecified atom stereocenters. The van der Waals surface area contributed by atoms with Crippen LogP contribution >= 0.6 is 22.9 Å². The lowest BCUT2D eigenvalue weighted by atomic mass is 9.97. The number of aliphatic hydroxyl groups is 2. The van der Waals surface area contributed by atoms with Crippen LogP contribution in [0.2, 0.25) is 4.34 Å². The lowest BCUT2D eigenvalue weighted by Crippen LogP contribution is -2.35. The molecule has 10 heteroatoms. The molecule has 0 saturated heterocycles. The van der Waals surface area contributed by atoms with Crippen LogP contribution in [0, 0.1) is 23.2 Å². The Labute approximate surface area is 193 Å². The van der Waals surface area contributed by atoms with Gasteiger partial charge in [-0.1, -0.05) is 18.2 Å². The topological polar surface area (TPSA) is 105 Å². The molecule has 3 heterocycles. The van der Waals surface area contributed by atoms with Crippen molar-refractivity contribution in [3.05, 3.63) is 45.8 Å². The van der Waals surface area contributed by atoms with Gasteiger partial charge in [-0.2, -0.15) is 0 Å². The van der Waals surface area contributed by atoms with Gasteiger partial charge in [0.25, 0.3) is 0 Å². The smallest absolute Gasteiger partial charge is 0.209 e. The summed E-state index contributed by atoms with van der Waals surface area (Å²) in [6, 6.07) is 3.22. The highest BCUT2D eigenvalue weighted by Crippen LogP contribution is 2.71. The summed E-state index contributed by atoms with van der Waals surface area (Å²) >= 11 is 7.36. The van der Waals surface area contributed by atoms with Gasteiger partial charge in [0.1, 0.15) is 6.10 Å². The molecule has 32 heavy (non-hydrogen) atoms. The van der Waals surface area contributed by atoms with Gasteiger partial charge in [-0.15, -0.1) is 11.3 Å². The highest BCUT2D eigenvalue weighted by molar-refractivity contribution is 7.16. The van der Waals surface area contributed by atoms with E-state index in [2.05, 4.69) is 38.7 Å². The number of hydrogen-bond acceptors (Lipinski definition) is 8. The van der Waals surface area contributed by atoms with E-state index in [0.29, 0.717) is 45.9 Å². The standard InChI is InChI=1S/C22H22ClN5O3S/c1-4-31-11(2)22-9-13(22)17(18(29)19(22)30)28-10-25-16-20(24-3)26-15(27-21(16)28)8-6-12-5-7-14(23)32-12/h5,7,10,13,17-19,29-30H,2,4,9H2,1,3H3,(H,24,26,27)/t13-,17-,18+,19+,22-/m1/s1. The van der Waals surface area contributed by atoms with E-state index in [1.165, 1.54) is 11.3 Å². The minimum atomic E-state index is -1.00. The van der Waals surface area contributed by atoms with Gasteiger partial charge in [0.05, 0.1) is 45.5 Å². The molecule has 0 radical (unpaired) electrons. The molecule has 8 nitrogen and oxygen atoms in total. The Hall–Kier alpha value is -2.64. The number of aliphatic hydroxyl groups excluding tert-OH is 2. The van der Waals surface area contributed by atoms with E-state index in [1.807, 2.05) is 17.6 Å². The summed E-state index contributed by atoms with van der Waals surface area (Å²) in [5.41, 5.74) is 0.468. The molecule has 3 aromatic rings. The molecule has 2 fully saturated rings. The lowest BCUT2D eigenvalue weighted by molar-refractivity contribution is -0.0215. The molecular formula is C22H22ClN5O3S. The van der Waals surface area contributed by atoms with Crippen LogP contribution in [0.4, 0.5) is 5.82 Å². The highest BCUT2D eigenvalue weighted by Gasteiger charge is 2.73. The number of nitrogens with zero attached hydrogens (tertiary/aromatic N) is 4. The Morgan fingerprint density at radius 1 is 1.41 bits per heavy atom. The summed E-state index contributed by atoms with van der Waals surface area (Å²) in [7, 11) is 1.75. The van der Waals surface area contributed by atoms with E-state index in [4.69, 9.17) is 16.3 Å². The second-order valence-electron chi connectivity index (χ2n) is 7.96. The van der Waals surface area contributed by atoms with Gasteiger partial charge >= 0.3 is 0 Å². The van der Waals surface area contributed by atoms with Crippen molar-refractivity contribution in [1.82, 2.24) is 19.5 Å². The molecule has 5 rings (SSSR count). The summed E-state index contributed by atoms with van der Waals surface area (Å²) in [4.78, 5) is 14.4. The quantitative estimate of drug-likeness (QED) is 0.388. The Bertz CT molecular complexity index is 1280. The molecule has 0 amide bonds. The number of ether oxygens (including phenoxy) is 1. The number of rotatable bonds is 5. The number of anilines is 1. The summed E-state index contributed by atoms with van der Waals surface area (Å²) in [6.45, 7) is 6.36. The van der Waals surface area contributed by atoms with Crippen molar-refractivity contribution in [1.29, 1.82) is 0 Å². The predicted octanol–water partition coefficient (Wildman–Crippen LogP) is 2.82. The summed E-state index contributed by atoms with van der Waals surface area (Å²) < 4.78 is 8.10. The molecule has 3 aromatic heterocycles. The highest BCUT2D eigenvalue weighted by atomic mass is 35.5. The average Bonchev–Trinajstić information content (AvgIpc) is 3.03. The van der Waals surface area contributed by atoms with Crippen LogP contribution in [-0.4, -0.2) is 55.6 Å². The number of aromatic nitrogens is 4. The molecule has 3 N–H and O–H groups in total. The summed E-state index contributed by atoms with van der Waals surface area (Å²) in [6.07, 6.45) is 0.348. The third-order valence-electron chi connectivity index (χ3n) is 6.36. The maximum absolute atomic E-state index is 10.9. The van der Waals surface area contributed by atoms with Crippen LogP contribution in [0.25, 0.3) is 11.2 Å². The van der Waals surface area contributed by atoms with E-state index >= 15 is 0 Å². The molecule has 0 aliphatic heterocycles. The zero-order valence-electron chi connectivity index (χ0n) is 17.5. The maximum atomic E-state index is 10.9. The Balaban J connectivity index is 1.56. The van der Waals surface area contributed by atoms with E-state index in [9.17, 15) is 10.2 Å². The van der Waals surface area contributed by atoms with E-state index in [1.54, 1.807) is 19.4 Å². The summed E-state index contributed by atoms with van der Waals surface area (Å²) in [5, 5.41) is 24.8. The minimum Gasteiger partial charge on any atom is -0.498 e. The molecule has 5 atom stereocenters. The second kappa shape index (κ2) is 7.74. The predicted molar refractivity (Wildman–Crippen MR) is 123 cm³/mol. The van der Waals surface area contributed by atoms with Crippen LogP contribution in [0.1, 0.15) is 30.1 Å². The lowest BCUT2D eigenvalue weighted by Gasteiger charge is -2.25. The molecule has 166 valence electrons. The number of imidazole rings is 1. The first kappa shape index (κ1) is 21.2. The Morgan fingerprint density at radius 2 is 2.22 bits per heavy atom. The van der Waals surface area contributed by atoms with E-state index in [0.717, 1.165) is 4.88 Å². The number of hydrogen-bond donors (Lipinski definition) is 3. The first-order valence-corrected chi connectivity index (χ1v) is 11.5. The van der Waals surface area contributed by atoms with Crippen LogP contribution in [0.5, 0.6) is 0 Å². The van der Waals surface area contributed by atoms with Gasteiger partial charge in [-0.3, -0.25) is 0 Å². The van der Waals surface area contributed by atoms with Gasteiger partial charge in [-0.25, -0.2) is 15.0 Å². The first-order valence-electron chi connectivity index (χ1n) is 10.3. The third kappa shape index (κ3) is 3.10. The Kier molecular flexibility index (Phi) is 5.13. The minimum absolute atomic E-state index is 0.0280. The number of thiophene rings is 1. The van der Waals surface area contributed by atoms with Gasteiger partial charge < -0.3 is 24.8 Å². The van der Waals surface area contributed by atoms with Crippen molar-refractivity contribution in [2.24, 2.45) is 11.3 Å². The van der Waals surface area contributed by atoms with Crippen molar-refractivity contribution >= 4 is 39.9 Å². The van der Waals surface area contributed by atoms with E-state index in [-0.39, 0.29) is 5.92 Å². The first-order chi connectivity index (χ1) is 15.4. The molecule has 0 bridgehead atoms. The number of halogens is 1. The molecule has 2 aliphatic carbocycles. The second-order valence-corrected chi connectivity index (χ2v) is 9.67. The average molecular weight is 472 g/mol. The fourth-order valence-corrected chi connectivity index (χ4v) is 5.71. The van der Waals surface area contributed by atoms with Crippen LogP contribution < -0.4 is 5.32 Å². The van der Waals surface area contributed by atoms with Crippen molar-refractivity contribution in [2.75, 3.05) is 19.0 Å². The van der Waals surface area contributed by atoms with Crippen LogP contribution in [0.15, 0.2) is 30.8 Å². The van der Waals surface area contributed by atoms with E-state index < -0.39 is 23.7 Å². The van der Waals surface area contributed by atoms with Gasteiger partial charge in [0, 0.05) is 7.05 Å².